The van der Waals surface area contributed by atoms with Gasteiger partial charge in [-0.2, -0.15) is 0 Å². The number of carboxylic acid groups (broad SMARTS) is 2. The van der Waals surface area contributed by atoms with Crippen molar-refractivity contribution in [2.24, 2.45) is 16.5 Å². The maximum absolute atomic E-state index is 12.8. The van der Waals surface area contributed by atoms with Gasteiger partial charge in [-0.25, -0.2) is 4.79 Å². The second-order valence-corrected chi connectivity index (χ2v) is 6.62. The fraction of sp³-hybridized carbons (Fsp3) is 0.611. The van der Waals surface area contributed by atoms with E-state index < -0.39 is 36.2 Å². The molecular weight excluding hydrogens is 368 g/mol. The number of carboxylic acids is 2. The van der Waals surface area contributed by atoms with Crippen LogP contribution in [0.5, 0.6) is 0 Å². The third-order valence-electron chi connectivity index (χ3n) is 4.45. The van der Waals surface area contributed by atoms with E-state index in [1.807, 2.05) is 6.92 Å². The molecule has 0 aromatic carbocycles. The van der Waals surface area contributed by atoms with Crippen LogP contribution in [0.25, 0.3) is 0 Å². The summed E-state index contributed by atoms with van der Waals surface area (Å²) in [6.07, 6.45) is 3.25. The van der Waals surface area contributed by atoms with Crippen molar-refractivity contribution in [3.05, 3.63) is 11.1 Å². The number of carbonyl (C=O) groups is 4. The van der Waals surface area contributed by atoms with Gasteiger partial charge in [-0.05, 0) is 25.7 Å². The van der Waals surface area contributed by atoms with E-state index >= 15 is 0 Å². The number of unbranched alkanes of at least 4 members (excludes halogenated alkanes) is 3. The predicted octanol–water partition coefficient (Wildman–Crippen LogP) is 0.604. The lowest BCUT2D eigenvalue weighted by Crippen LogP contribution is -2.46. The lowest BCUT2D eigenvalue weighted by molar-refractivity contribution is -0.154. The number of amides is 2. The number of aliphatic carboxylic acids is 2. The van der Waals surface area contributed by atoms with Crippen LogP contribution >= 0.6 is 0 Å². The molecule has 6 N–H and O–H groups in total. The van der Waals surface area contributed by atoms with E-state index in [9.17, 15) is 24.3 Å². The Morgan fingerprint density at radius 1 is 1.04 bits per heavy atom. The summed E-state index contributed by atoms with van der Waals surface area (Å²) in [5.41, 5.74) is 10.4. The standard InChI is InChI=1S/C18H28N4O6/c1-2-3-4-5-7-11-12(10-14(23)24)16(26)22(15(11)25)13(17(27)28)8-6-9-21-18(19)20/h13H,2-10H2,1H3,(H,23,24)(H,27,28)(H4,19,20,21). The molecule has 156 valence electrons. The number of hydrogen-bond donors (Lipinski definition) is 4. The molecular formula is C18H28N4O6. The summed E-state index contributed by atoms with van der Waals surface area (Å²) in [5.74, 6) is -4.28. The number of guanidine groups is 1. The van der Waals surface area contributed by atoms with Crippen molar-refractivity contribution in [3.63, 3.8) is 0 Å². The quantitative estimate of drug-likeness (QED) is 0.151. The molecule has 1 aliphatic heterocycles. The summed E-state index contributed by atoms with van der Waals surface area (Å²) in [6, 6.07) is -1.40. The molecule has 0 saturated carbocycles. The lowest BCUT2D eigenvalue weighted by atomic mass is 10.0. The lowest BCUT2D eigenvalue weighted by Gasteiger charge is -2.23. The van der Waals surface area contributed by atoms with E-state index in [1.165, 1.54) is 0 Å². The summed E-state index contributed by atoms with van der Waals surface area (Å²) in [6.45, 7) is 2.18. The Kier molecular flexibility index (Phi) is 9.13. The minimum Gasteiger partial charge on any atom is -0.481 e. The number of nitrogens with zero attached hydrogens (tertiary/aromatic N) is 2. The van der Waals surface area contributed by atoms with E-state index in [0.717, 1.165) is 19.3 Å². The Morgan fingerprint density at radius 2 is 1.68 bits per heavy atom. The largest absolute Gasteiger partial charge is 0.481 e. The van der Waals surface area contributed by atoms with Crippen LogP contribution in [0.4, 0.5) is 0 Å². The van der Waals surface area contributed by atoms with E-state index in [4.69, 9.17) is 16.6 Å². The van der Waals surface area contributed by atoms with Gasteiger partial charge in [-0.1, -0.05) is 26.2 Å². The molecule has 2 amide bonds. The molecule has 0 saturated heterocycles. The number of carbonyl (C=O) groups excluding carboxylic acids is 2. The number of hydrogen-bond acceptors (Lipinski definition) is 5. The van der Waals surface area contributed by atoms with Crippen LogP contribution in [0.1, 0.15) is 58.3 Å². The highest BCUT2D eigenvalue weighted by molar-refractivity contribution is 6.21. The first-order valence-electron chi connectivity index (χ1n) is 9.30. The monoisotopic (exact) mass is 396 g/mol. The van der Waals surface area contributed by atoms with Crippen molar-refractivity contribution >= 4 is 29.7 Å². The van der Waals surface area contributed by atoms with E-state index in [1.54, 1.807) is 0 Å². The zero-order chi connectivity index (χ0) is 21.3. The fourth-order valence-electron chi connectivity index (χ4n) is 3.10. The maximum Gasteiger partial charge on any atom is 0.326 e. The molecule has 1 unspecified atom stereocenters. The van der Waals surface area contributed by atoms with E-state index in [2.05, 4.69) is 4.99 Å². The van der Waals surface area contributed by atoms with Gasteiger partial charge in [-0.15, -0.1) is 0 Å². The average molecular weight is 396 g/mol. The van der Waals surface area contributed by atoms with Crippen molar-refractivity contribution in [3.8, 4) is 0 Å². The van der Waals surface area contributed by atoms with Crippen molar-refractivity contribution in [1.82, 2.24) is 4.90 Å². The Hall–Kier alpha value is -2.91. The van der Waals surface area contributed by atoms with Crippen LogP contribution in [0.2, 0.25) is 0 Å². The first kappa shape index (κ1) is 23.1. The summed E-state index contributed by atoms with van der Waals surface area (Å²) in [4.78, 5) is 52.7. The summed E-state index contributed by atoms with van der Waals surface area (Å²) >= 11 is 0. The van der Waals surface area contributed by atoms with Crippen molar-refractivity contribution < 1.29 is 29.4 Å². The minimum atomic E-state index is -1.40. The van der Waals surface area contributed by atoms with Crippen LogP contribution in [0.15, 0.2) is 16.1 Å². The molecule has 10 heteroatoms. The summed E-state index contributed by atoms with van der Waals surface area (Å²) in [5, 5.41) is 18.6. The molecule has 1 aliphatic rings. The molecule has 0 radical (unpaired) electrons. The number of nitrogens with two attached hydrogens (primary N) is 2. The van der Waals surface area contributed by atoms with Gasteiger partial charge in [0.05, 0.1) is 6.42 Å². The van der Waals surface area contributed by atoms with Crippen molar-refractivity contribution in [2.45, 2.75) is 64.3 Å². The smallest absolute Gasteiger partial charge is 0.326 e. The zero-order valence-corrected chi connectivity index (χ0v) is 16.0. The Balaban J connectivity index is 3.00. The molecule has 0 aromatic heterocycles. The third kappa shape index (κ3) is 6.36. The SMILES string of the molecule is CCCCCCC1=C(CC(=O)O)C(=O)N(C(CCCN=C(N)N)C(=O)O)C1=O. The van der Waals surface area contributed by atoms with Crippen LogP contribution in [0, 0.1) is 0 Å². The van der Waals surface area contributed by atoms with Crippen LogP contribution in [-0.2, 0) is 19.2 Å². The second kappa shape index (κ2) is 11.1. The summed E-state index contributed by atoms with van der Waals surface area (Å²) in [7, 11) is 0. The highest BCUT2D eigenvalue weighted by Crippen LogP contribution is 2.30. The van der Waals surface area contributed by atoms with E-state index in [-0.39, 0.29) is 42.9 Å². The molecule has 0 spiro atoms. The molecule has 1 rings (SSSR count). The zero-order valence-electron chi connectivity index (χ0n) is 16.0. The Labute approximate surface area is 163 Å². The van der Waals surface area contributed by atoms with Gasteiger partial charge < -0.3 is 21.7 Å². The Bertz CT molecular complexity index is 682. The molecule has 28 heavy (non-hydrogen) atoms. The van der Waals surface area contributed by atoms with Gasteiger partial charge in [0.15, 0.2) is 5.96 Å². The highest BCUT2D eigenvalue weighted by Gasteiger charge is 2.44. The normalized spacial score (nSPS) is 15.1. The minimum absolute atomic E-state index is 0.0347. The fourth-order valence-corrected chi connectivity index (χ4v) is 3.10. The first-order valence-corrected chi connectivity index (χ1v) is 9.30. The highest BCUT2D eigenvalue weighted by atomic mass is 16.4. The number of aliphatic imine (C=N–C) groups is 1. The molecule has 0 aromatic rings. The van der Waals surface area contributed by atoms with Gasteiger partial charge in [-0.3, -0.25) is 24.3 Å². The van der Waals surface area contributed by atoms with Gasteiger partial charge >= 0.3 is 11.9 Å². The van der Waals surface area contributed by atoms with Gasteiger partial charge in [0.1, 0.15) is 6.04 Å². The average Bonchev–Trinajstić information content (AvgIpc) is 2.82. The maximum atomic E-state index is 12.8. The van der Waals surface area contributed by atoms with Gasteiger partial charge in [0.2, 0.25) is 0 Å². The molecule has 0 bridgehead atoms. The second-order valence-electron chi connectivity index (χ2n) is 6.62. The molecule has 0 aliphatic carbocycles. The van der Waals surface area contributed by atoms with Crippen LogP contribution in [-0.4, -0.2) is 57.4 Å². The van der Waals surface area contributed by atoms with Crippen molar-refractivity contribution in [1.29, 1.82) is 0 Å². The molecule has 1 heterocycles. The van der Waals surface area contributed by atoms with Gasteiger partial charge in [0.25, 0.3) is 11.8 Å². The van der Waals surface area contributed by atoms with E-state index in [0.29, 0.717) is 11.3 Å². The molecule has 10 nitrogen and oxygen atoms in total. The summed E-state index contributed by atoms with van der Waals surface area (Å²) < 4.78 is 0. The topological polar surface area (TPSA) is 176 Å². The van der Waals surface area contributed by atoms with Crippen LogP contribution < -0.4 is 11.5 Å². The Morgan fingerprint density at radius 3 is 2.21 bits per heavy atom. The number of rotatable bonds is 13. The molecule has 0 fully saturated rings. The first-order chi connectivity index (χ1) is 13.2. The third-order valence-corrected chi connectivity index (χ3v) is 4.45. The molecule has 1 atom stereocenters. The predicted molar refractivity (Wildman–Crippen MR) is 101 cm³/mol. The van der Waals surface area contributed by atoms with Gasteiger partial charge in [0, 0.05) is 17.7 Å². The van der Waals surface area contributed by atoms with Crippen molar-refractivity contribution in [2.75, 3.05) is 6.54 Å². The number of imide groups is 1. The van der Waals surface area contributed by atoms with Crippen LogP contribution in [0.3, 0.4) is 0 Å².